The van der Waals surface area contributed by atoms with Crippen LogP contribution in [0.1, 0.15) is 18.1 Å². The molecular weight excluding hydrogens is 426 g/mol. The largest absolute Gasteiger partial charge is 0.497 e. The normalized spacial score (nSPS) is 14.1. The number of ether oxygens (including phenoxy) is 5. The minimum absolute atomic E-state index is 0.101. The third-order valence-corrected chi connectivity index (χ3v) is 4.43. The highest BCUT2D eigenvalue weighted by molar-refractivity contribution is 6.32. The van der Waals surface area contributed by atoms with Crippen LogP contribution < -0.4 is 14.2 Å². The minimum atomic E-state index is -0.594. The molecule has 0 saturated heterocycles. The second-order valence-electron chi connectivity index (χ2n) is 6.19. The molecule has 0 saturated carbocycles. The fourth-order valence-corrected chi connectivity index (χ4v) is 2.99. The molecule has 8 nitrogen and oxygen atoms in total. The summed E-state index contributed by atoms with van der Waals surface area (Å²) in [5.74, 6) is 0.220. The average molecular weight is 446 g/mol. The molecule has 1 aliphatic rings. The molecule has 162 valence electrons. The number of benzene rings is 2. The van der Waals surface area contributed by atoms with E-state index in [0.29, 0.717) is 16.9 Å². The summed E-state index contributed by atoms with van der Waals surface area (Å²) in [6, 6.07) is 10.1. The van der Waals surface area contributed by atoms with Gasteiger partial charge in [-0.1, -0.05) is 11.6 Å². The number of hydrogen-bond donors (Lipinski definition) is 0. The lowest BCUT2D eigenvalue weighted by Gasteiger charge is -2.12. The minimum Gasteiger partial charge on any atom is -0.497 e. The topological polar surface area (TPSA) is 92.7 Å². The van der Waals surface area contributed by atoms with Crippen molar-refractivity contribution in [3.63, 3.8) is 0 Å². The van der Waals surface area contributed by atoms with Crippen molar-refractivity contribution >= 4 is 35.5 Å². The number of esters is 2. The Labute approximate surface area is 184 Å². The third kappa shape index (κ3) is 5.35. The molecule has 0 aliphatic carbocycles. The Morgan fingerprint density at radius 3 is 2.55 bits per heavy atom. The van der Waals surface area contributed by atoms with E-state index < -0.39 is 11.9 Å². The molecule has 0 bridgehead atoms. The predicted molar refractivity (Wildman–Crippen MR) is 114 cm³/mol. The summed E-state index contributed by atoms with van der Waals surface area (Å²) in [7, 11) is 3.00. The molecule has 0 aromatic heterocycles. The Morgan fingerprint density at radius 1 is 1.16 bits per heavy atom. The third-order valence-electron chi connectivity index (χ3n) is 4.15. The number of cyclic esters (lactones) is 1. The zero-order chi connectivity index (χ0) is 22.4. The van der Waals surface area contributed by atoms with E-state index in [-0.39, 0.29) is 41.3 Å². The van der Waals surface area contributed by atoms with E-state index >= 15 is 0 Å². The average Bonchev–Trinajstić information content (AvgIpc) is 3.13. The van der Waals surface area contributed by atoms with Crippen molar-refractivity contribution in [2.75, 3.05) is 27.4 Å². The van der Waals surface area contributed by atoms with Gasteiger partial charge in [0.1, 0.15) is 5.75 Å². The second-order valence-corrected chi connectivity index (χ2v) is 6.60. The van der Waals surface area contributed by atoms with Crippen LogP contribution in [0.4, 0.5) is 0 Å². The van der Waals surface area contributed by atoms with Gasteiger partial charge in [-0.3, -0.25) is 0 Å². The first-order valence-corrected chi connectivity index (χ1v) is 9.66. The van der Waals surface area contributed by atoms with Gasteiger partial charge in [-0.05, 0) is 55.0 Å². The Bertz CT molecular complexity index is 1040. The van der Waals surface area contributed by atoms with Gasteiger partial charge in [0.25, 0.3) is 0 Å². The molecule has 2 aromatic carbocycles. The molecule has 0 spiro atoms. The van der Waals surface area contributed by atoms with E-state index in [1.165, 1.54) is 13.2 Å². The maximum Gasteiger partial charge on any atom is 0.363 e. The van der Waals surface area contributed by atoms with Crippen LogP contribution in [0.3, 0.4) is 0 Å². The highest BCUT2D eigenvalue weighted by Gasteiger charge is 2.24. The summed E-state index contributed by atoms with van der Waals surface area (Å²) >= 11 is 6.30. The quantitative estimate of drug-likeness (QED) is 0.452. The number of carbonyl (C=O) groups is 2. The number of nitrogens with zero attached hydrogens (tertiary/aromatic N) is 1. The van der Waals surface area contributed by atoms with Crippen molar-refractivity contribution in [2.45, 2.75) is 6.92 Å². The smallest absolute Gasteiger partial charge is 0.363 e. The number of aliphatic imine (C=N–C) groups is 1. The van der Waals surface area contributed by atoms with Gasteiger partial charge in [0.15, 0.2) is 23.8 Å². The molecule has 0 unspecified atom stereocenters. The molecule has 1 heterocycles. The van der Waals surface area contributed by atoms with Crippen LogP contribution in [-0.4, -0.2) is 45.3 Å². The summed E-state index contributed by atoms with van der Waals surface area (Å²) in [6.07, 6.45) is 1.52. The Kier molecular flexibility index (Phi) is 7.15. The van der Waals surface area contributed by atoms with Gasteiger partial charge in [-0.2, -0.15) is 0 Å². The van der Waals surface area contributed by atoms with Crippen molar-refractivity contribution in [1.82, 2.24) is 0 Å². The van der Waals surface area contributed by atoms with E-state index in [1.54, 1.807) is 50.4 Å². The summed E-state index contributed by atoms with van der Waals surface area (Å²) in [5.41, 5.74) is 1.28. The number of halogens is 1. The molecule has 9 heteroatoms. The van der Waals surface area contributed by atoms with Gasteiger partial charge >= 0.3 is 11.9 Å². The lowest BCUT2D eigenvalue weighted by molar-refractivity contribution is -0.145. The second kappa shape index (κ2) is 9.99. The molecule has 2 aromatic rings. The first kappa shape index (κ1) is 22.2. The number of methoxy groups -OCH3 is 2. The summed E-state index contributed by atoms with van der Waals surface area (Å²) < 4.78 is 26.0. The molecule has 1 aliphatic heterocycles. The summed E-state index contributed by atoms with van der Waals surface area (Å²) in [5, 5.41) is 0.196. The summed E-state index contributed by atoms with van der Waals surface area (Å²) in [6.45, 7) is 1.63. The monoisotopic (exact) mass is 445 g/mol. The van der Waals surface area contributed by atoms with Gasteiger partial charge in [0.2, 0.25) is 5.90 Å². The molecule has 0 atom stereocenters. The SMILES string of the molecule is CCOC(=O)COc1c(Cl)cc(/C=C2/N=C(c3ccc(OC)cc3)OC2=O)cc1OC. The van der Waals surface area contributed by atoms with Gasteiger partial charge in [0, 0.05) is 5.56 Å². The van der Waals surface area contributed by atoms with E-state index in [4.69, 9.17) is 35.3 Å². The van der Waals surface area contributed by atoms with Crippen LogP contribution >= 0.6 is 11.6 Å². The van der Waals surface area contributed by atoms with Gasteiger partial charge in [-0.25, -0.2) is 14.6 Å². The van der Waals surface area contributed by atoms with E-state index in [2.05, 4.69) is 4.99 Å². The summed E-state index contributed by atoms with van der Waals surface area (Å²) in [4.78, 5) is 28.1. The van der Waals surface area contributed by atoms with Crippen LogP contribution in [-0.2, 0) is 19.1 Å². The Morgan fingerprint density at radius 2 is 1.90 bits per heavy atom. The van der Waals surface area contributed by atoms with Crippen LogP contribution in [0.5, 0.6) is 17.2 Å². The Balaban J connectivity index is 1.84. The molecule has 0 fully saturated rings. The number of carbonyl (C=O) groups excluding carboxylic acids is 2. The zero-order valence-electron chi connectivity index (χ0n) is 17.1. The van der Waals surface area contributed by atoms with Gasteiger partial charge < -0.3 is 23.7 Å². The van der Waals surface area contributed by atoms with Crippen molar-refractivity contribution in [2.24, 2.45) is 4.99 Å². The zero-order valence-corrected chi connectivity index (χ0v) is 17.9. The van der Waals surface area contributed by atoms with E-state index in [9.17, 15) is 9.59 Å². The van der Waals surface area contributed by atoms with Crippen molar-refractivity contribution < 1.29 is 33.3 Å². The van der Waals surface area contributed by atoms with E-state index in [1.807, 2.05) is 0 Å². The molecule has 31 heavy (non-hydrogen) atoms. The van der Waals surface area contributed by atoms with Gasteiger partial charge in [-0.15, -0.1) is 0 Å². The van der Waals surface area contributed by atoms with Crippen molar-refractivity contribution in [3.8, 4) is 17.2 Å². The standard InChI is InChI=1S/C22H20ClNO7/c1-4-29-19(25)12-30-20-16(23)9-13(11-18(20)28-3)10-17-22(26)31-21(24-17)14-5-7-15(27-2)8-6-14/h5-11H,4,12H2,1-3H3/b17-10+. The van der Waals surface area contributed by atoms with Crippen LogP contribution in [0, 0.1) is 0 Å². The van der Waals surface area contributed by atoms with Crippen LogP contribution in [0.2, 0.25) is 5.02 Å². The molecular formula is C22H20ClNO7. The fraction of sp³-hybridized carbons (Fsp3) is 0.227. The van der Waals surface area contributed by atoms with Crippen molar-refractivity contribution in [1.29, 1.82) is 0 Å². The lowest BCUT2D eigenvalue weighted by Crippen LogP contribution is -2.15. The molecule has 0 N–H and O–H groups in total. The van der Waals surface area contributed by atoms with Gasteiger partial charge in [0.05, 0.1) is 25.8 Å². The first-order valence-electron chi connectivity index (χ1n) is 9.28. The van der Waals surface area contributed by atoms with Crippen molar-refractivity contribution in [3.05, 3.63) is 58.2 Å². The van der Waals surface area contributed by atoms with Crippen LogP contribution in [0.25, 0.3) is 6.08 Å². The highest BCUT2D eigenvalue weighted by Crippen LogP contribution is 2.37. The predicted octanol–water partition coefficient (Wildman–Crippen LogP) is 3.64. The first-order chi connectivity index (χ1) is 14.9. The lowest BCUT2D eigenvalue weighted by atomic mass is 10.1. The molecule has 0 radical (unpaired) electrons. The number of hydrogen-bond acceptors (Lipinski definition) is 8. The molecule has 3 rings (SSSR count). The molecule has 0 amide bonds. The number of rotatable bonds is 8. The van der Waals surface area contributed by atoms with E-state index in [0.717, 1.165) is 0 Å². The Hall–Kier alpha value is -3.52. The maximum atomic E-state index is 12.3. The maximum absolute atomic E-state index is 12.3. The highest BCUT2D eigenvalue weighted by atomic mass is 35.5. The van der Waals surface area contributed by atoms with Crippen LogP contribution in [0.15, 0.2) is 47.1 Å². The fourth-order valence-electron chi connectivity index (χ4n) is 2.72.